The molecule has 2 aliphatic carbocycles. The van der Waals surface area contributed by atoms with Crippen LogP contribution in [0.2, 0.25) is 0 Å². The molecule has 1 heteroatoms. The minimum atomic E-state index is 0.771. The van der Waals surface area contributed by atoms with Crippen LogP contribution in [0.5, 0.6) is 0 Å². The first kappa shape index (κ1) is 5.96. The summed E-state index contributed by atoms with van der Waals surface area (Å²) in [6, 6.07) is 0. The van der Waals surface area contributed by atoms with Gasteiger partial charge in [-0.2, -0.15) is 0 Å². The number of hydrogen-bond acceptors (Lipinski definition) is 0. The molecule has 0 nitrogen and oxygen atoms in total. The standard InChI is InChI=1S/C8H11Br/c1-5-6-2-3-7(4-6)8(5)9/h2-3,5-8H,4H2,1H3. The molecular weight excluding hydrogens is 176 g/mol. The highest BCUT2D eigenvalue weighted by Crippen LogP contribution is 2.46. The van der Waals surface area contributed by atoms with Crippen molar-refractivity contribution in [3.8, 4) is 0 Å². The van der Waals surface area contributed by atoms with Gasteiger partial charge in [-0.3, -0.25) is 0 Å². The van der Waals surface area contributed by atoms with Crippen LogP contribution in [-0.2, 0) is 0 Å². The Bertz CT molecular complexity index is 135. The lowest BCUT2D eigenvalue weighted by molar-refractivity contribution is 0.509. The first-order valence-electron chi connectivity index (χ1n) is 3.61. The number of rotatable bonds is 0. The van der Waals surface area contributed by atoms with Crippen molar-refractivity contribution in [3.63, 3.8) is 0 Å². The lowest BCUT2D eigenvalue weighted by atomic mass is 9.96. The Morgan fingerprint density at radius 2 is 2.00 bits per heavy atom. The fourth-order valence-electron chi connectivity index (χ4n) is 2.01. The van der Waals surface area contributed by atoms with E-state index in [1.807, 2.05) is 0 Å². The van der Waals surface area contributed by atoms with Crippen LogP contribution in [-0.4, -0.2) is 4.83 Å². The van der Waals surface area contributed by atoms with Crippen molar-refractivity contribution in [2.75, 3.05) is 0 Å². The van der Waals surface area contributed by atoms with Crippen molar-refractivity contribution in [2.45, 2.75) is 18.2 Å². The van der Waals surface area contributed by atoms with Crippen molar-refractivity contribution >= 4 is 15.9 Å². The Kier molecular flexibility index (Phi) is 1.23. The monoisotopic (exact) mass is 186 g/mol. The number of hydrogen-bond donors (Lipinski definition) is 0. The maximum Gasteiger partial charge on any atom is 0.0239 e. The smallest absolute Gasteiger partial charge is 0.0239 e. The minimum Gasteiger partial charge on any atom is -0.0881 e. The summed E-state index contributed by atoms with van der Waals surface area (Å²) in [6.45, 7) is 2.34. The van der Waals surface area contributed by atoms with Crippen LogP contribution >= 0.6 is 15.9 Å². The second kappa shape index (κ2) is 1.85. The third kappa shape index (κ3) is 0.706. The molecule has 2 bridgehead atoms. The molecule has 4 unspecified atom stereocenters. The molecule has 1 fully saturated rings. The molecule has 2 rings (SSSR count). The van der Waals surface area contributed by atoms with Crippen molar-refractivity contribution in [2.24, 2.45) is 17.8 Å². The Morgan fingerprint density at radius 3 is 2.33 bits per heavy atom. The summed E-state index contributed by atoms with van der Waals surface area (Å²) in [4.78, 5) is 0.771. The van der Waals surface area contributed by atoms with Crippen LogP contribution in [0, 0.1) is 17.8 Å². The molecule has 0 saturated heterocycles. The van der Waals surface area contributed by atoms with Gasteiger partial charge in [-0.15, -0.1) is 0 Å². The quantitative estimate of drug-likeness (QED) is 0.404. The lowest BCUT2D eigenvalue weighted by Gasteiger charge is -2.17. The highest BCUT2D eigenvalue weighted by atomic mass is 79.9. The molecule has 50 valence electrons. The summed E-state index contributed by atoms with van der Waals surface area (Å²) in [5.74, 6) is 2.62. The second-order valence-corrected chi connectivity index (χ2v) is 4.31. The van der Waals surface area contributed by atoms with E-state index in [-0.39, 0.29) is 0 Å². The molecule has 2 aliphatic rings. The van der Waals surface area contributed by atoms with E-state index in [0.717, 1.165) is 22.6 Å². The van der Waals surface area contributed by atoms with Crippen LogP contribution in [0.1, 0.15) is 13.3 Å². The first-order valence-corrected chi connectivity index (χ1v) is 4.53. The average Bonchev–Trinajstić information content (AvgIpc) is 2.37. The molecule has 9 heavy (non-hydrogen) atoms. The van der Waals surface area contributed by atoms with E-state index in [2.05, 4.69) is 35.0 Å². The maximum atomic E-state index is 3.71. The predicted octanol–water partition coefficient (Wildman–Crippen LogP) is 2.59. The van der Waals surface area contributed by atoms with Gasteiger partial charge in [0.15, 0.2) is 0 Å². The molecule has 0 amide bonds. The van der Waals surface area contributed by atoms with E-state index in [9.17, 15) is 0 Å². The SMILES string of the molecule is CC1C2C=CC(C2)C1Br. The van der Waals surface area contributed by atoms with E-state index in [1.165, 1.54) is 6.42 Å². The maximum absolute atomic E-state index is 3.71. The van der Waals surface area contributed by atoms with Crippen LogP contribution in [0.3, 0.4) is 0 Å². The van der Waals surface area contributed by atoms with Crippen molar-refractivity contribution in [1.82, 2.24) is 0 Å². The highest BCUT2D eigenvalue weighted by Gasteiger charge is 2.39. The van der Waals surface area contributed by atoms with Gasteiger partial charge in [0, 0.05) is 4.83 Å². The van der Waals surface area contributed by atoms with Gasteiger partial charge in [-0.25, -0.2) is 0 Å². The third-order valence-electron chi connectivity index (χ3n) is 2.74. The second-order valence-electron chi connectivity index (χ2n) is 3.25. The highest BCUT2D eigenvalue weighted by molar-refractivity contribution is 9.09. The molecule has 0 aliphatic heterocycles. The van der Waals surface area contributed by atoms with Gasteiger partial charge in [0.25, 0.3) is 0 Å². The first-order chi connectivity index (χ1) is 4.29. The number of fused-ring (bicyclic) bond motifs is 2. The summed E-state index contributed by atoms with van der Waals surface area (Å²) < 4.78 is 0. The summed E-state index contributed by atoms with van der Waals surface area (Å²) in [7, 11) is 0. The van der Waals surface area contributed by atoms with Gasteiger partial charge < -0.3 is 0 Å². The molecule has 1 saturated carbocycles. The Hall–Kier alpha value is 0.220. The zero-order valence-corrected chi connectivity index (χ0v) is 7.14. The number of halogens is 1. The van der Waals surface area contributed by atoms with Gasteiger partial charge in [-0.05, 0) is 24.2 Å². The van der Waals surface area contributed by atoms with Crippen LogP contribution in [0.25, 0.3) is 0 Å². The Balaban J connectivity index is 2.26. The molecule has 0 N–H and O–H groups in total. The molecule has 0 radical (unpaired) electrons. The zero-order valence-electron chi connectivity index (χ0n) is 5.55. The minimum absolute atomic E-state index is 0.771. The van der Waals surface area contributed by atoms with E-state index < -0.39 is 0 Å². The van der Waals surface area contributed by atoms with Gasteiger partial charge in [0.1, 0.15) is 0 Å². The van der Waals surface area contributed by atoms with Crippen LogP contribution < -0.4 is 0 Å². The van der Waals surface area contributed by atoms with E-state index >= 15 is 0 Å². The Labute approximate surface area is 64.5 Å². The van der Waals surface area contributed by atoms with E-state index in [0.29, 0.717) is 0 Å². The molecule has 0 spiro atoms. The fraction of sp³-hybridized carbons (Fsp3) is 0.750. The van der Waals surface area contributed by atoms with Crippen molar-refractivity contribution in [1.29, 1.82) is 0 Å². The largest absolute Gasteiger partial charge is 0.0881 e. The van der Waals surface area contributed by atoms with E-state index in [4.69, 9.17) is 0 Å². The fourth-order valence-corrected chi connectivity index (χ4v) is 2.79. The van der Waals surface area contributed by atoms with Crippen LogP contribution in [0.4, 0.5) is 0 Å². The summed E-state index contributed by atoms with van der Waals surface area (Å²) in [6.07, 6.45) is 6.15. The summed E-state index contributed by atoms with van der Waals surface area (Å²) in [5, 5.41) is 0. The Morgan fingerprint density at radius 1 is 1.33 bits per heavy atom. The van der Waals surface area contributed by atoms with Gasteiger partial charge in [0.2, 0.25) is 0 Å². The molecule has 0 aromatic carbocycles. The normalized spacial score (nSPS) is 54.9. The third-order valence-corrected chi connectivity index (χ3v) is 4.25. The summed E-state index contributed by atoms with van der Waals surface area (Å²) >= 11 is 3.71. The topological polar surface area (TPSA) is 0 Å². The van der Waals surface area contributed by atoms with Crippen LogP contribution in [0.15, 0.2) is 12.2 Å². The van der Waals surface area contributed by atoms with E-state index in [1.54, 1.807) is 0 Å². The number of alkyl halides is 1. The van der Waals surface area contributed by atoms with Gasteiger partial charge in [0.05, 0.1) is 0 Å². The molecule has 0 heterocycles. The number of allylic oxidation sites excluding steroid dienone is 2. The molecular formula is C8H11Br. The van der Waals surface area contributed by atoms with Gasteiger partial charge in [-0.1, -0.05) is 35.0 Å². The molecule has 4 atom stereocenters. The van der Waals surface area contributed by atoms with Gasteiger partial charge >= 0.3 is 0 Å². The predicted molar refractivity (Wildman–Crippen MR) is 42.6 cm³/mol. The molecule has 0 aromatic heterocycles. The van der Waals surface area contributed by atoms with Crippen molar-refractivity contribution < 1.29 is 0 Å². The molecule has 0 aromatic rings. The average molecular weight is 187 g/mol. The summed E-state index contributed by atoms with van der Waals surface area (Å²) in [5.41, 5.74) is 0. The zero-order chi connectivity index (χ0) is 6.43. The lowest BCUT2D eigenvalue weighted by Crippen LogP contribution is -2.15. The van der Waals surface area contributed by atoms with Crippen molar-refractivity contribution in [3.05, 3.63) is 12.2 Å².